The molecule has 1 aliphatic heterocycles. The molecular weight excluding hydrogens is 366 g/mol. The summed E-state index contributed by atoms with van der Waals surface area (Å²) in [7, 11) is -1.81. The van der Waals surface area contributed by atoms with E-state index in [2.05, 4.69) is 10.2 Å². The maximum atomic E-state index is 12.2. The third-order valence-electron chi connectivity index (χ3n) is 4.78. The number of piperidine rings is 1. The van der Waals surface area contributed by atoms with Crippen LogP contribution in [0.5, 0.6) is 5.75 Å². The second-order valence-electron chi connectivity index (χ2n) is 7.03. The molecular formula is C19H31N3O4S. The predicted molar refractivity (Wildman–Crippen MR) is 108 cm³/mol. The highest BCUT2D eigenvalue weighted by Gasteiger charge is 2.16. The summed E-state index contributed by atoms with van der Waals surface area (Å²) in [6, 6.07) is 6.63. The van der Waals surface area contributed by atoms with Crippen molar-refractivity contribution in [2.75, 3.05) is 43.8 Å². The van der Waals surface area contributed by atoms with Gasteiger partial charge >= 0.3 is 0 Å². The number of rotatable bonds is 9. The SMILES string of the molecule is CC(Oc1ccc(N(C)S(C)(=O)=O)cc1)C(=O)NCCCN1CCCCC1. The standard InChI is InChI=1S/C19H31N3O4S/c1-16(19(23)20-12-7-15-22-13-5-4-6-14-22)26-18-10-8-17(9-11-18)21(2)27(3,24)25/h8-11,16H,4-7,12-15H2,1-3H3,(H,20,23). The fraction of sp³-hybridized carbons (Fsp3) is 0.632. The third kappa shape index (κ3) is 7.03. The second kappa shape index (κ2) is 9.94. The van der Waals surface area contributed by atoms with Gasteiger partial charge in [-0.15, -0.1) is 0 Å². The van der Waals surface area contributed by atoms with Crippen LogP contribution in [-0.4, -0.2) is 64.8 Å². The van der Waals surface area contributed by atoms with E-state index in [0.717, 1.165) is 32.3 Å². The minimum absolute atomic E-state index is 0.147. The summed E-state index contributed by atoms with van der Waals surface area (Å²) in [4.78, 5) is 14.6. The second-order valence-corrected chi connectivity index (χ2v) is 9.05. The van der Waals surface area contributed by atoms with E-state index in [1.54, 1.807) is 31.2 Å². The zero-order chi connectivity index (χ0) is 19.9. The zero-order valence-electron chi connectivity index (χ0n) is 16.5. The Kier molecular flexibility index (Phi) is 7.91. The van der Waals surface area contributed by atoms with Crippen LogP contribution in [0.15, 0.2) is 24.3 Å². The predicted octanol–water partition coefficient (Wildman–Crippen LogP) is 1.84. The molecule has 1 atom stereocenters. The molecule has 1 amide bonds. The van der Waals surface area contributed by atoms with Crippen molar-refractivity contribution in [3.05, 3.63) is 24.3 Å². The summed E-state index contributed by atoms with van der Waals surface area (Å²) in [5.74, 6) is 0.377. The van der Waals surface area contributed by atoms with Crippen LogP contribution in [0, 0.1) is 0 Å². The summed E-state index contributed by atoms with van der Waals surface area (Å²) in [5, 5.41) is 2.91. The van der Waals surface area contributed by atoms with E-state index < -0.39 is 16.1 Å². The van der Waals surface area contributed by atoms with Gasteiger partial charge in [0.2, 0.25) is 10.0 Å². The van der Waals surface area contributed by atoms with E-state index in [9.17, 15) is 13.2 Å². The zero-order valence-corrected chi connectivity index (χ0v) is 17.3. The van der Waals surface area contributed by atoms with Gasteiger partial charge in [0.15, 0.2) is 6.10 Å². The number of carbonyl (C=O) groups excluding carboxylic acids is 1. The summed E-state index contributed by atoms with van der Waals surface area (Å²) < 4.78 is 29.9. The molecule has 0 bridgehead atoms. The summed E-state index contributed by atoms with van der Waals surface area (Å²) >= 11 is 0. The lowest BCUT2D eigenvalue weighted by Gasteiger charge is -2.26. The molecule has 1 aromatic rings. The molecule has 0 saturated carbocycles. The highest BCUT2D eigenvalue weighted by molar-refractivity contribution is 7.92. The van der Waals surface area contributed by atoms with Gasteiger partial charge in [0.25, 0.3) is 5.91 Å². The molecule has 1 aromatic carbocycles. The van der Waals surface area contributed by atoms with Gasteiger partial charge in [0.05, 0.1) is 11.9 Å². The molecule has 1 fully saturated rings. The van der Waals surface area contributed by atoms with Crippen molar-refractivity contribution in [2.24, 2.45) is 0 Å². The molecule has 1 aliphatic rings. The smallest absolute Gasteiger partial charge is 0.260 e. The minimum atomic E-state index is -3.30. The highest BCUT2D eigenvalue weighted by Crippen LogP contribution is 2.21. The van der Waals surface area contributed by atoms with Gasteiger partial charge in [-0.25, -0.2) is 8.42 Å². The number of ether oxygens (including phenoxy) is 1. The number of amides is 1. The van der Waals surface area contributed by atoms with Crippen LogP contribution in [0.2, 0.25) is 0 Å². The van der Waals surface area contributed by atoms with Gasteiger partial charge in [-0.3, -0.25) is 9.10 Å². The van der Waals surface area contributed by atoms with Gasteiger partial charge in [-0.2, -0.15) is 0 Å². The first-order valence-corrected chi connectivity index (χ1v) is 11.3. The molecule has 1 N–H and O–H groups in total. The quantitative estimate of drug-likeness (QED) is 0.643. The van der Waals surface area contributed by atoms with E-state index in [-0.39, 0.29) is 5.91 Å². The van der Waals surface area contributed by atoms with E-state index in [1.165, 1.54) is 30.6 Å². The average molecular weight is 398 g/mol. The summed E-state index contributed by atoms with van der Waals surface area (Å²) in [6.45, 7) is 5.69. The van der Waals surface area contributed by atoms with E-state index in [4.69, 9.17) is 4.74 Å². The molecule has 2 rings (SSSR count). The largest absolute Gasteiger partial charge is 0.481 e. The average Bonchev–Trinajstić information content (AvgIpc) is 2.65. The molecule has 27 heavy (non-hydrogen) atoms. The molecule has 1 saturated heterocycles. The fourth-order valence-corrected chi connectivity index (χ4v) is 3.53. The number of anilines is 1. The summed E-state index contributed by atoms with van der Waals surface area (Å²) in [6.07, 6.45) is 5.35. The maximum absolute atomic E-state index is 12.2. The van der Waals surface area contributed by atoms with E-state index >= 15 is 0 Å². The van der Waals surface area contributed by atoms with Crippen LogP contribution >= 0.6 is 0 Å². The Morgan fingerprint density at radius 3 is 2.44 bits per heavy atom. The Labute approximate surface area is 162 Å². The van der Waals surface area contributed by atoms with Crippen LogP contribution in [0.3, 0.4) is 0 Å². The van der Waals surface area contributed by atoms with Crippen molar-refractivity contribution in [3.8, 4) is 5.75 Å². The molecule has 0 aliphatic carbocycles. The molecule has 7 nitrogen and oxygen atoms in total. The molecule has 0 aromatic heterocycles. The Morgan fingerprint density at radius 2 is 1.85 bits per heavy atom. The number of hydrogen-bond donors (Lipinski definition) is 1. The number of nitrogens with zero attached hydrogens (tertiary/aromatic N) is 2. The molecule has 0 radical (unpaired) electrons. The Morgan fingerprint density at radius 1 is 1.22 bits per heavy atom. The van der Waals surface area contributed by atoms with Crippen LogP contribution in [0.4, 0.5) is 5.69 Å². The molecule has 152 valence electrons. The van der Waals surface area contributed by atoms with Crippen molar-refractivity contribution >= 4 is 21.6 Å². The van der Waals surface area contributed by atoms with Gasteiger partial charge < -0.3 is 15.0 Å². The van der Waals surface area contributed by atoms with Crippen molar-refractivity contribution in [1.82, 2.24) is 10.2 Å². The highest BCUT2D eigenvalue weighted by atomic mass is 32.2. The topological polar surface area (TPSA) is 78.9 Å². The first-order chi connectivity index (χ1) is 12.8. The number of likely N-dealkylation sites (tertiary alicyclic amines) is 1. The fourth-order valence-electron chi connectivity index (χ4n) is 3.02. The number of sulfonamides is 1. The number of benzene rings is 1. The molecule has 8 heteroatoms. The van der Waals surface area contributed by atoms with Crippen molar-refractivity contribution in [3.63, 3.8) is 0 Å². The Hall–Kier alpha value is -1.80. The van der Waals surface area contributed by atoms with Crippen LogP contribution in [0.1, 0.15) is 32.6 Å². The van der Waals surface area contributed by atoms with Gasteiger partial charge in [0, 0.05) is 13.6 Å². The Balaban J connectivity index is 1.73. The third-order valence-corrected chi connectivity index (χ3v) is 5.98. The van der Waals surface area contributed by atoms with Crippen LogP contribution < -0.4 is 14.4 Å². The lowest BCUT2D eigenvalue weighted by Crippen LogP contribution is -2.38. The van der Waals surface area contributed by atoms with Gasteiger partial charge in [0.1, 0.15) is 5.75 Å². The molecule has 1 unspecified atom stereocenters. The van der Waals surface area contributed by atoms with E-state index in [0.29, 0.717) is 18.0 Å². The van der Waals surface area contributed by atoms with Crippen LogP contribution in [0.25, 0.3) is 0 Å². The minimum Gasteiger partial charge on any atom is -0.481 e. The number of hydrogen-bond acceptors (Lipinski definition) is 5. The van der Waals surface area contributed by atoms with E-state index in [1.807, 2.05) is 0 Å². The first-order valence-electron chi connectivity index (χ1n) is 9.48. The lowest BCUT2D eigenvalue weighted by atomic mass is 10.1. The van der Waals surface area contributed by atoms with Crippen LogP contribution in [-0.2, 0) is 14.8 Å². The first kappa shape index (κ1) is 21.5. The van der Waals surface area contributed by atoms with Gasteiger partial charge in [-0.1, -0.05) is 6.42 Å². The van der Waals surface area contributed by atoms with Crippen molar-refractivity contribution < 1.29 is 17.9 Å². The monoisotopic (exact) mass is 397 g/mol. The molecule has 1 heterocycles. The van der Waals surface area contributed by atoms with Crippen molar-refractivity contribution in [1.29, 1.82) is 0 Å². The normalized spacial score (nSPS) is 16.6. The van der Waals surface area contributed by atoms with Gasteiger partial charge in [-0.05, 0) is 70.1 Å². The number of nitrogens with one attached hydrogen (secondary N) is 1. The van der Waals surface area contributed by atoms with Crippen molar-refractivity contribution in [2.45, 2.75) is 38.7 Å². The Bertz CT molecular complexity index is 700. The molecule has 0 spiro atoms. The lowest BCUT2D eigenvalue weighted by molar-refractivity contribution is -0.127. The summed E-state index contributed by atoms with van der Waals surface area (Å²) in [5.41, 5.74) is 0.541. The maximum Gasteiger partial charge on any atom is 0.260 e. The number of carbonyl (C=O) groups is 1.